The molecule has 9 nitrogen and oxygen atoms in total. The third-order valence-corrected chi connectivity index (χ3v) is 7.29. The van der Waals surface area contributed by atoms with Crippen molar-refractivity contribution < 1.29 is 27.8 Å². The molecule has 1 saturated heterocycles. The highest BCUT2D eigenvalue weighted by Crippen LogP contribution is 2.32. The molecule has 0 unspecified atom stereocenters. The first kappa shape index (κ1) is 25.0. The molecule has 11 heteroatoms. The van der Waals surface area contributed by atoms with Gasteiger partial charge in [-0.3, -0.25) is 14.7 Å². The maximum Gasteiger partial charge on any atom is 0.254 e. The van der Waals surface area contributed by atoms with Gasteiger partial charge in [0.2, 0.25) is 11.6 Å². The second-order valence-electron chi connectivity index (χ2n) is 9.94. The van der Waals surface area contributed by atoms with Gasteiger partial charge >= 0.3 is 0 Å². The van der Waals surface area contributed by atoms with Crippen LogP contribution in [-0.4, -0.2) is 62.5 Å². The summed E-state index contributed by atoms with van der Waals surface area (Å²) in [5.74, 6) is -2.38. The molecule has 6 aromatic rings. The monoisotopic (exact) mass is 555 g/mol. The van der Waals surface area contributed by atoms with Crippen molar-refractivity contribution in [2.75, 3.05) is 26.3 Å². The Hall–Kier alpha value is -5.03. The van der Waals surface area contributed by atoms with Gasteiger partial charge in [-0.25, -0.2) is 13.9 Å². The zero-order valence-corrected chi connectivity index (χ0v) is 21.8. The highest BCUT2D eigenvalue weighted by molar-refractivity contribution is 6.14. The third-order valence-electron chi connectivity index (χ3n) is 7.29. The van der Waals surface area contributed by atoms with Crippen LogP contribution in [-0.2, 0) is 4.74 Å². The van der Waals surface area contributed by atoms with Crippen LogP contribution >= 0.6 is 0 Å². The summed E-state index contributed by atoms with van der Waals surface area (Å²) in [5, 5.41) is 3.84. The molecule has 2 N–H and O–H groups in total. The van der Waals surface area contributed by atoms with Crippen LogP contribution in [0.5, 0.6) is 11.5 Å². The number of morpholine rings is 1. The Bertz CT molecular complexity index is 2000. The van der Waals surface area contributed by atoms with Gasteiger partial charge in [0.1, 0.15) is 5.75 Å². The standard InChI is InChI=1S/C30H23F2N5O4/c1-16-11-19(41-25-4-2-3-21(31)26(25)32)14-23-27(16)37-29(35-23)20(15-33-37)28(38)24-13-18-12-17(5-6-22(18)34-24)30(39)36-7-9-40-10-8-36/h2-6,11-15,33-34H,7-10H2,1H3. The highest BCUT2D eigenvalue weighted by atomic mass is 19.2. The summed E-state index contributed by atoms with van der Waals surface area (Å²) in [6.07, 6.45) is 1.59. The van der Waals surface area contributed by atoms with Crippen molar-refractivity contribution in [2.24, 2.45) is 0 Å². The van der Waals surface area contributed by atoms with Crippen molar-refractivity contribution >= 4 is 39.3 Å². The second-order valence-corrected chi connectivity index (χ2v) is 9.94. The van der Waals surface area contributed by atoms with Crippen LogP contribution in [0, 0.1) is 18.6 Å². The Balaban J connectivity index is 1.21. The Morgan fingerprint density at radius 2 is 1.88 bits per heavy atom. The molecule has 3 aromatic carbocycles. The first-order valence-corrected chi connectivity index (χ1v) is 13.0. The Kier molecular flexibility index (Phi) is 5.82. The Labute approximate surface area is 231 Å². The molecule has 0 aliphatic carbocycles. The molecular formula is C30H23F2N5O4. The van der Waals surface area contributed by atoms with E-state index in [9.17, 15) is 18.4 Å². The Morgan fingerprint density at radius 1 is 1.05 bits per heavy atom. The van der Waals surface area contributed by atoms with Crippen LogP contribution in [0.15, 0.2) is 60.8 Å². The van der Waals surface area contributed by atoms with Crippen molar-refractivity contribution in [3.05, 3.63) is 94.8 Å². The number of carbonyl (C=O) groups is 2. The number of aromatic nitrogens is 4. The molecule has 41 heavy (non-hydrogen) atoms. The van der Waals surface area contributed by atoms with E-state index in [2.05, 4.69) is 15.1 Å². The largest absolute Gasteiger partial charge is 0.454 e. The normalized spacial score (nSPS) is 13.9. The maximum absolute atomic E-state index is 14.2. The predicted octanol–water partition coefficient (Wildman–Crippen LogP) is 5.38. The number of nitrogens with one attached hydrogen (secondary N) is 2. The molecule has 1 aliphatic heterocycles. The molecular weight excluding hydrogens is 532 g/mol. The number of fused-ring (bicyclic) bond motifs is 4. The summed E-state index contributed by atoms with van der Waals surface area (Å²) in [6, 6.07) is 14.1. The molecule has 0 bridgehead atoms. The SMILES string of the molecule is Cc1cc(Oc2cccc(F)c2F)cc2nc3c(C(=O)c4cc5cc(C(=O)N6CCOCC6)ccc5[nH]4)c[nH]n3c12. The lowest BCUT2D eigenvalue weighted by Crippen LogP contribution is -2.40. The summed E-state index contributed by atoms with van der Waals surface area (Å²) in [4.78, 5) is 36.1. The molecule has 0 spiro atoms. The van der Waals surface area contributed by atoms with Crippen LogP contribution < -0.4 is 4.74 Å². The number of hydrogen-bond donors (Lipinski definition) is 2. The number of aromatic amines is 2. The highest BCUT2D eigenvalue weighted by Gasteiger charge is 2.23. The Morgan fingerprint density at radius 3 is 2.71 bits per heavy atom. The van der Waals surface area contributed by atoms with Crippen molar-refractivity contribution in [3.8, 4) is 11.5 Å². The first-order chi connectivity index (χ1) is 19.9. The number of hydrogen-bond acceptors (Lipinski definition) is 5. The van der Waals surface area contributed by atoms with Gasteiger partial charge in [0, 0.05) is 41.8 Å². The summed E-state index contributed by atoms with van der Waals surface area (Å²) in [5.41, 5.74) is 4.37. The summed E-state index contributed by atoms with van der Waals surface area (Å²) in [7, 11) is 0. The van der Waals surface area contributed by atoms with E-state index in [1.165, 1.54) is 12.1 Å². The molecule has 4 heterocycles. The number of amides is 1. The predicted molar refractivity (Wildman–Crippen MR) is 147 cm³/mol. The molecule has 0 atom stereocenters. The third kappa shape index (κ3) is 4.21. The lowest BCUT2D eigenvalue weighted by Gasteiger charge is -2.26. The second kappa shape index (κ2) is 9.56. The molecule has 0 saturated carbocycles. The smallest absolute Gasteiger partial charge is 0.254 e. The van der Waals surface area contributed by atoms with Gasteiger partial charge in [-0.2, -0.15) is 4.39 Å². The number of H-pyrrole nitrogens is 2. The van der Waals surface area contributed by atoms with Crippen molar-refractivity contribution in [2.45, 2.75) is 6.92 Å². The quantitative estimate of drug-likeness (QED) is 0.278. The molecule has 206 valence electrons. The number of aryl methyl sites for hydroxylation is 1. The summed E-state index contributed by atoms with van der Waals surface area (Å²) < 4.78 is 40.5. The van der Waals surface area contributed by atoms with E-state index >= 15 is 0 Å². The molecule has 7 rings (SSSR count). The van der Waals surface area contributed by atoms with E-state index < -0.39 is 11.6 Å². The molecule has 3 aromatic heterocycles. The van der Waals surface area contributed by atoms with E-state index in [1.807, 2.05) is 6.92 Å². The average molecular weight is 556 g/mol. The van der Waals surface area contributed by atoms with E-state index in [1.54, 1.807) is 52.0 Å². The molecule has 1 amide bonds. The maximum atomic E-state index is 14.2. The van der Waals surface area contributed by atoms with Crippen LogP contribution in [0.25, 0.3) is 27.6 Å². The van der Waals surface area contributed by atoms with Crippen molar-refractivity contribution in [1.29, 1.82) is 0 Å². The molecule has 1 fully saturated rings. The number of imidazole rings is 1. The van der Waals surface area contributed by atoms with E-state index in [0.717, 1.165) is 22.5 Å². The number of carbonyl (C=O) groups excluding carboxylic acids is 2. The van der Waals surface area contributed by atoms with Crippen LogP contribution in [0.3, 0.4) is 0 Å². The topological polar surface area (TPSA) is 105 Å². The lowest BCUT2D eigenvalue weighted by molar-refractivity contribution is 0.0303. The summed E-state index contributed by atoms with van der Waals surface area (Å²) >= 11 is 0. The van der Waals surface area contributed by atoms with Gasteiger partial charge in [-0.05, 0) is 55.0 Å². The van der Waals surface area contributed by atoms with E-state index in [0.29, 0.717) is 59.8 Å². The van der Waals surface area contributed by atoms with E-state index in [4.69, 9.17) is 9.47 Å². The number of benzene rings is 3. The number of ether oxygens (including phenoxy) is 2. The molecule has 0 radical (unpaired) electrons. The van der Waals surface area contributed by atoms with Crippen LogP contribution in [0.1, 0.15) is 32.0 Å². The number of ketones is 1. The van der Waals surface area contributed by atoms with Gasteiger partial charge in [0.15, 0.2) is 17.2 Å². The van der Waals surface area contributed by atoms with Crippen LogP contribution in [0.4, 0.5) is 8.78 Å². The zero-order valence-electron chi connectivity index (χ0n) is 21.8. The van der Waals surface area contributed by atoms with Gasteiger partial charge < -0.3 is 19.4 Å². The van der Waals surface area contributed by atoms with Crippen molar-refractivity contribution in [1.82, 2.24) is 24.5 Å². The van der Waals surface area contributed by atoms with Gasteiger partial charge in [0.05, 0.1) is 35.5 Å². The molecule has 1 aliphatic rings. The van der Waals surface area contributed by atoms with Gasteiger partial charge in [-0.15, -0.1) is 0 Å². The minimum atomic E-state index is -1.08. The lowest BCUT2D eigenvalue weighted by atomic mass is 10.1. The zero-order chi connectivity index (χ0) is 28.2. The fourth-order valence-electron chi connectivity index (χ4n) is 5.27. The number of rotatable bonds is 5. The van der Waals surface area contributed by atoms with Crippen LogP contribution in [0.2, 0.25) is 0 Å². The van der Waals surface area contributed by atoms with Crippen molar-refractivity contribution in [3.63, 3.8) is 0 Å². The minimum Gasteiger partial charge on any atom is -0.454 e. The van der Waals surface area contributed by atoms with Gasteiger partial charge in [-0.1, -0.05) is 6.07 Å². The fraction of sp³-hybridized carbons (Fsp3) is 0.167. The minimum absolute atomic E-state index is 0.0699. The first-order valence-electron chi connectivity index (χ1n) is 13.0. The fourth-order valence-corrected chi connectivity index (χ4v) is 5.27. The number of halogens is 2. The summed E-state index contributed by atoms with van der Waals surface area (Å²) in [6.45, 7) is 3.96. The number of nitrogens with zero attached hydrogens (tertiary/aromatic N) is 3. The average Bonchev–Trinajstić information content (AvgIpc) is 3.68. The van der Waals surface area contributed by atoms with E-state index in [-0.39, 0.29) is 23.2 Å². The van der Waals surface area contributed by atoms with Gasteiger partial charge in [0.25, 0.3) is 5.91 Å².